The van der Waals surface area contributed by atoms with Crippen molar-refractivity contribution in [2.24, 2.45) is 0 Å². The van der Waals surface area contributed by atoms with Crippen LogP contribution in [0.15, 0.2) is 4.42 Å². The predicted octanol–water partition coefficient (Wildman–Crippen LogP) is 1.86. The van der Waals surface area contributed by atoms with Crippen molar-refractivity contribution in [3.8, 4) is 0 Å². The summed E-state index contributed by atoms with van der Waals surface area (Å²) in [5, 5.41) is 8.86. The third-order valence-electron chi connectivity index (χ3n) is 1.85. The Balaban J connectivity index is 2.83. The van der Waals surface area contributed by atoms with Gasteiger partial charge in [-0.3, -0.25) is 0 Å². The van der Waals surface area contributed by atoms with E-state index < -0.39 is 5.97 Å². The summed E-state index contributed by atoms with van der Waals surface area (Å²) in [6.07, 6.45) is 1.44. The first-order chi connectivity index (χ1) is 7.19. The second-order valence-corrected chi connectivity index (χ2v) is 3.08. The van der Waals surface area contributed by atoms with Crippen molar-refractivity contribution in [2.45, 2.75) is 33.3 Å². The SMILES string of the molecule is CCCc1nc(COCC)oc1C(=O)O. The molecule has 1 aromatic heterocycles. The zero-order valence-electron chi connectivity index (χ0n) is 8.95. The lowest BCUT2D eigenvalue weighted by molar-refractivity contribution is 0.0647. The van der Waals surface area contributed by atoms with Gasteiger partial charge in [0.25, 0.3) is 0 Å². The summed E-state index contributed by atoms with van der Waals surface area (Å²) < 4.78 is 10.2. The van der Waals surface area contributed by atoms with Crippen LogP contribution in [0, 0.1) is 0 Å². The van der Waals surface area contributed by atoms with Gasteiger partial charge in [0, 0.05) is 6.61 Å². The molecular formula is C10H15NO4. The Labute approximate surface area is 88.1 Å². The Kier molecular flexibility index (Phi) is 4.30. The molecular weight excluding hydrogens is 198 g/mol. The molecule has 0 atom stereocenters. The molecule has 0 aliphatic carbocycles. The van der Waals surface area contributed by atoms with Crippen molar-refractivity contribution in [3.63, 3.8) is 0 Å². The van der Waals surface area contributed by atoms with Gasteiger partial charge in [0.1, 0.15) is 6.61 Å². The van der Waals surface area contributed by atoms with Gasteiger partial charge in [-0.05, 0) is 13.3 Å². The number of rotatable bonds is 6. The third-order valence-corrected chi connectivity index (χ3v) is 1.85. The van der Waals surface area contributed by atoms with Crippen LogP contribution >= 0.6 is 0 Å². The molecule has 84 valence electrons. The number of carboxylic acid groups (broad SMARTS) is 1. The molecule has 5 heteroatoms. The molecule has 0 aliphatic heterocycles. The summed E-state index contributed by atoms with van der Waals surface area (Å²) in [6, 6.07) is 0. The molecule has 1 rings (SSSR count). The van der Waals surface area contributed by atoms with Crippen molar-refractivity contribution in [1.82, 2.24) is 4.98 Å². The Morgan fingerprint density at radius 2 is 2.27 bits per heavy atom. The average Bonchev–Trinajstić information content (AvgIpc) is 2.59. The van der Waals surface area contributed by atoms with Gasteiger partial charge in [-0.25, -0.2) is 9.78 Å². The number of hydrogen-bond acceptors (Lipinski definition) is 4. The normalized spacial score (nSPS) is 10.5. The maximum absolute atomic E-state index is 10.8. The summed E-state index contributed by atoms with van der Waals surface area (Å²) in [5.41, 5.74) is 0.500. The van der Waals surface area contributed by atoms with E-state index in [2.05, 4.69) is 4.98 Å². The number of carboxylic acids is 1. The van der Waals surface area contributed by atoms with Crippen LogP contribution in [-0.2, 0) is 17.8 Å². The summed E-state index contributed by atoms with van der Waals surface area (Å²) in [6.45, 7) is 4.59. The summed E-state index contributed by atoms with van der Waals surface area (Å²) in [7, 11) is 0. The molecule has 0 saturated carbocycles. The molecule has 0 unspecified atom stereocenters. The first-order valence-electron chi connectivity index (χ1n) is 4.98. The van der Waals surface area contributed by atoms with Gasteiger partial charge < -0.3 is 14.3 Å². The number of oxazole rings is 1. The number of nitrogens with zero attached hydrogens (tertiary/aromatic N) is 1. The minimum absolute atomic E-state index is 0.0634. The molecule has 1 heterocycles. The van der Waals surface area contributed by atoms with E-state index in [9.17, 15) is 4.79 Å². The van der Waals surface area contributed by atoms with Gasteiger partial charge in [0.2, 0.25) is 11.7 Å². The molecule has 0 spiro atoms. The van der Waals surface area contributed by atoms with Crippen LogP contribution in [0.4, 0.5) is 0 Å². The minimum Gasteiger partial charge on any atom is -0.475 e. The predicted molar refractivity (Wildman–Crippen MR) is 52.8 cm³/mol. The van der Waals surface area contributed by atoms with E-state index in [-0.39, 0.29) is 12.4 Å². The molecule has 5 nitrogen and oxygen atoms in total. The fourth-order valence-electron chi connectivity index (χ4n) is 1.23. The van der Waals surface area contributed by atoms with Crippen LogP contribution in [-0.4, -0.2) is 22.7 Å². The maximum Gasteiger partial charge on any atom is 0.373 e. The van der Waals surface area contributed by atoms with E-state index in [1.54, 1.807) is 0 Å². The number of ether oxygens (including phenoxy) is 1. The monoisotopic (exact) mass is 213 g/mol. The standard InChI is InChI=1S/C10H15NO4/c1-3-5-7-9(10(12)13)15-8(11-7)6-14-4-2/h3-6H2,1-2H3,(H,12,13). The van der Waals surface area contributed by atoms with Gasteiger partial charge >= 0.3 is 5.97 Å². The second kappa shape index (κ2) is 5.50. The van der Waals surface area contributed by atoms with Gasteiger partial charge in [0.15, 0.2) is 0 Å². The minimum atomic E-state index is -1.08. The van der Waals surface area contributed by atoms with Crippen molar-refractivity contribution < 1.29 is 19.1 Å². The van der Waals surface area contributed by atoms with Crippen LogP contribution in [0.3, 0.4) is 0 Å². The fourth-order valence-corrected chi connectivity index (χ4v) is 1.23. The molecule has 0 amide bonds. The van der Waals surface area contributed by atoms with Crippen LogP contribution in [0.5, 0.6) is 0 Å². The zero-order valence-corrected chi connectivity index (χ0v) is 8.95. The highest BCUT2D eigenvalue weighted by Gasteiger charge is 2.18. The molecule has 0 bridgehead atoms. The molecule has 1 N–H and O–H groups in total. The largest absolute Gasteiger partial charge is 0.475 e. The maximum atomic E-state index is 10.8. The number of aromatic carboxylic acids is 1. The Bertz CT molecular complexity index is 332. The fraction of sp³-hybridized carbons (Fsp3) is 0.600. The number of aromatic nitrogens is 1. The van der Waals surface area contributed by atoms with E-state index in [4.69, 9.17) is 14.3 Å². The van der Waals surface area contributed by atoms with Crippen LogP contribution in [0.25, 0.3) is 0 Å². The molecule has 15 heavy (non-hydrogen) atoms. The number of aryl methyl sites for hydroxylation is 1. The Hall–Kier alpha value is -1.36. The third kappa shape index (κ3) is 3.06. The molecule has 0 aromatic carbocycles. The lowest BCUT2D eigenvalue weighted by atomic mass is 10.2. The first kappa shape index (κ1) is 11.7. The van der Waals surface area contributed by atoms with Crippen LogP contribution < -0.4 is 0 Å². The summed E-state index contributed by atoms with van der Waals surface area (Å²) in [4.78, 5) is 14.9. The summed E-state index contributed by atoms with van der Waals surface area (Å²) >= 11 is 0. The number of hydrogen-bond donors (Lipinski definition) is 1. The van der Waals surface area contributed by atoms with E-state index in [0.29, 0.717) is 24.6 Å². The highest BCUT2D eigenvalue weighted by Crippen LogP contribution is 2.14. The van der Waals surface area contributed by atoms with E-state index >= 15 is 0 Å². The molecule has 0 fully saturated rings. The smallest absolute Gasteiger partial charge is 0.373 e. The zero-order chi connectivity index (χ0) is 11.3. The molecule has 1 aromatic rings. The topological polar surface area (TPSA) is 72.6 Å². The first-order valence-corrected chi connectivity index (χ1v) is 4.98. The van der Waals surface area contributed by atoms with Gasteiger partial charge in [-0.1, -0.05) is 13.3 Å². The molecule has 0 saturated heterocycles. The average molecular weight is 213 g/mol. The second-order valence-electron chi connectivity index (χ2n) is 3.08. The molecule has 0 aliphatic rings. The van der Waals surface area contributed by atoms with E-state index in [1.807, 2.05) is 13.8 Å². The highest BCUT2D eigenvalue weighted by atomic mass is 16.5. The van der Waals surface area contributed by atoms with E-state index in [1.165, 1.54) is 0 Å². The van der Waals surface area contributed by atoms with Gasteiger partial charge in [0.05, 0.1) is 5.69 Å². The van der Waals surface area contributed by atoms with E-state index in [0.717, 1.165) is 6.42 Å². The van der Waals surface area contributed by atoms with Crippen molar-refractivity contribution in [1.29, 1.82) is 0 Å². The van der Waals surface area contributed by atoms with Crippen molar-refractivity contribution in [3.05, 3.63) is 17.3 Å². The summed E-state index contributed by atoms with van der Waals surface area (Å²) in [5.74, 6) is -0.807. The number of carbonyl (C=O) groups is 1. The van der Waals surface area contributed by atoms with Crippen molar-refractivity contribution >= 4 is 5.97 Å². The Morgan fingerprint density at radius 1 is 1.53 bits per heavy atom. The lowest BCUT2D eigenvalue weighted by Gasteiger charge is -1.93. The van der Waals surface area contributed by atoms with Crippen LogP contribution in [0.2, 0.25) is 0 Å². The van der Waals surface area contributed by atoms with Crippen LogP contribution in [0.1, 0.15) is 42.4 Å². The Morgan fingerprint density at radius 3 is 2.80 bits per heavy atom. The lowest BCUT2D eigenvalue weighted by Crippen LogP contribution is -1.99. The van der Waals surface area contributed by atoms with Gasteiger partial charge in [-0.15, -0.1) is 0 Å². The molecule has 0 radical (unpaired) electrons. The van der Waals surface area contributed by atoms with Crippen molar-refractivity contribution in [2.75, 3.05) is 6.61 Å². The highest BCUT2D eigenvalue weighted by molar-refractivity contribution is 5.85. The quantitative estimate of drug-likeness (QED) is 0.780. The van der Waals surface area contributed by atoms with Gasteiger partial charge in [-0.2, -0.15) is 0 Å².